The summed E-state index contributed by atoms with van der Waals surface area (Å²) in [7, 11) is 0. The lowest BCUT2D eigenvalue weighted by Gasteiger charge is -2.28. The molecule has 0 spiro atoms. The van der Waals surface area contributed by atoms with Crippen molar-refractivity contribution in [3.63, 3.8) is 0 Å². The van der Waals surface area contributed by atoms with Gasteiger partial charge in [-0.2, -0.15) is 0 Å². The number of rotatable bonds is 4. The predicted octanol–water partition coefficient (Wildman–Crippen LogP) is 3.48. The lowest BCUT2D eigenvalue weighted by atomic mass is 10.1. The molecule has 2 rings (SSSR count). The average molecular weight is 282 g/mol. The second kappa shape index (κ2) is 6.89. The number of thiazole rings is 1. The van der Waals surface area contributed by atoms with Crippen molar-refractivity contribution in [3.8, 4) is 0 Å². The van der Waals surface area contributed by atoms with E-state index in [2.05, 4.69) is 16.8 Å². The Hall–Kier alpha value is -1.10. The molecule has 5 heteroatoms. The van der Waals surface area contributed by atoms with Crippen molar-refractivity contribution in [2.24, 2.45) is 0 Å². The van der Waals surface area contributed by atoms with Crippen molar-refractivity contribution < 1.29 is 9.53 Å². The number of nitrogens with zero attached hydrogens (tertiary/aromatic N) is 2. The van der Waals surface area contributed by atoms with E-state index in [0.29, 0.717) is 18.3 Å². The Morgan fingerprint density at radius 2 is 2.32 bits per heavy atom. The first-order chi connectivity index (χ1) is 9.26. The van der Waals surface area contributed by atoms with Gasteiger partial charge < -0.3 is 9.64 Å². The average Bonchev–Trinajstić information content (AvgIpc) is 2.78. The van der Waals surface area contributed by atoms with E-state index < -0.39 is 0 Å². The molecule has 1 aromatic heterocycles. The van der Waals surface area contributed by atoms with Crippen molar-refractivity contribution >= 4 is 22.4 Å². The van der Waals surface area contributed by atoms with Gasteiger partial charge in [-0.15, -0.1) is 11.3 Å². The Morgan fingerprint density at radius 1 is 1.47 bits per heavy atom. The minimum atomic E-state index is -0.312. The molecule has 0 aliphatic carbocycles. The summed E-state index contributed by atoms with van der Waals surface area (Å²) < 4.78 is 4.99. The van der Waals surface area contributed by atoms with Crippen molar-refractivity contribution in [1.29, 1.82) is 0 Å². The molecule has 1 aromatic rings. The van der Waals surface area contributed by atoms with Crippen molar-refractivity contribution in [2.45, 2.75) is 52.0 Å². The third-order valence-electron chi connectivity index (χ3n) is 3.57. The molecule has 2 heterocycles. The molecule has 0 N–H and O–H groups in total. The molecule has 4 nitrogen and oxygen atoms in total. The molecule has 1 aliphatic heterocycles. The number of ether oxygens (including phenoxy) is 1. The fraction of sp³-hybridized carbons (Fsp3) is 0.714. The van der Waals surface area contributed by atoms with E-state index in [4.69, 9.17) is 4.74 Å². The Labute approximate surface area is 118 Å². The second-order valence-corrected chi connectivity index (χ2v) is 5.68. The zero-order valence-electron chi connectivity index (χ0n) is 11.7. The molecule has 0 radical (unpaired) electrons. The topological polar surface area (TPSA) is 42.4 Å². The fourth-order valence-electron chi connectivity index (χ4n) is 2.55. The minimum Gasteiger partial charge on any atom is -0.461 e. The van der Waals surface area contributed by atoms with Crippen LogP contribution in [0.15, 0.2) is 5.38 Å². The van der Waals surface area contributed by atoms with Crippen LogP contribution in [-0.4, -0.2) is 30.1 Å². The molecule has 0 amide bonds. The number of aromatic nitrogens is 1. The molecule has 0 bridgehead atoms. The Kier molecular flexibility index (Phi) is 5.19. The van der Waals surface area contributed by atoms with Crippen LogP contribution in [-0.2, 0) is 4.74 Å². The summed E-state index contributed by atoms with van der Waals surface area (Å²) in [5.74, 6) is -0.312. The van der Waals surface area contributed by atoms with Gasteiger partial charge in [-0.1, -0.05) is 19.8 Å². The third-order valence-corrected chi connectivity index (χ3v) is 4.45. The maximum atomic E-state index is 11.7. The van der Waals surface area contributed by atoms with Crippen molar-refractivity contribution in [2.75, 3.05) is 18.1 Å². The van der Waals surface area contributed by atoms with Gasteiger partial charge in [0.05, 0.1) is 6.61 Å². The lowest BCUT2D eigenvalue weighted by molar-refractivity contribution is 0.0520. The Bertz CT molecular complexity index is 419. The monoisotopic (exact) mass is 282 g/mol. The molecule has 1 atom stereocenters. The summed E-state index contributed by atoms with van der Waals surface area (Å²) >= 11 is 1.55. The van der Waals surface area contributed by atoms with Gasteiger partial charge in [-0.3, -0.25) is 0 Å². The highest BCUT2D eigenvalue weighted by atomic mass is 32.1. The van der Waals surface area contributed by atoms with Gasteiger partial charge in [0, 0.05) is 18.0 Å². The summed E-state index contributed by atoms with van der Waals surface area (Å²) in [6.45, 7) is 5.48. The minimum absolute atomic E-state index is 0.312. The van der Waals surface area contributed by atoms with E-state index in [0.717, 1.165) is 18.1 Å². The van der Waals surface area contributed by atoms with Gasteiger partial charge in [-0.05, 0) is 26.2 Å². The van der Waals surface area contributed by atoms with Gasteiger partial charge in [0.2, 0.25) is 0 Å². The number of anilines is 1. The number of hydrogen-bond donors (Lipinski definition) is 0. The number of hydrogen-bond acceptors (Lipinski definition) is 5. The van der Waals surface area contributed by atoms with E-state index in [1.54, 1.807) is 11.3 Å². The third kappa shape index (κ3) is 3.47. The van der Waals surface area contributed by atoms with Crippen molar-refractivity contribution in [3.05, 3.63) is 11.1 Å². The standard InChI is InChI=1S/C14H22N2O2S/c1-3-11-8-6-5-7-9-16(11)14-15-12(10-19-14)13(17)18-4-2/h10-11H,3-9H2,1-2H3. The van der Waals surface area contributed by atoms with Crippen LogP contribution in [0.25, 0.3) is 0 Å². The van der Waals surface area contributed by atoms with Crippen LogP contribution in [0.3, 0.4) is 0 Å². The first-order valence-corrected chi connectivity index (χ1v) is 8.03. The lowest BCUT2D eigenvalue weighted by Crippen LogP contribution is -2.34. The summed E-state index contributed by atoms with van der Waals surface area (Å²) in [6.07, 6.45) is 6.16. The first-order valence-electron chi connectivity index (χ1n) is 7.15. The zero-order chi connectivity index (χ0) is 13.7. The van der Waals surface area contributed by atoms with Gasteiger partial charge in [0.15, 0.2) is 10.8 Å². The summed E-state index contributed by atoms with van der Waals surface area (Å²) in [5, 5.41) is 2.78. The SMILES string of the molecule is CCOC(=O)c1csc(N2CCCCCC2CC)n1. The normalized spacial score (nSPS) is 20.1. The van der Waals surface area contributed by atoms with Crippen LogP contribution >= 0.6 is 11.3 Å². The van der Waals surface area contributed by atoms with Crippen LogP contribution in [0.4, 0.5) is 5.13 Å². The summed E-state index contributed by atoms with van der Waals surface area (Å²) in [5.41, 5.74) is 0.445. The predicted molar refractivity (Wildman–Crippen MR) is 78.0 cm³/mol. The summed E-state index contributed by atoms with van der Waals surface area (Å²) in [4.78, 5) is 18.5. The van der Waals surface area contributed by atoms with E-state index in [9.17, 15) is 4.79 Å². The molecule has 19 heavy (non-hydrogen) atoms. The second-order valence-electron chi connectivity index (χ2n) is 4.84. The maximum absolute atomic E-state index is 11.7. The highest BCUT2D eigenvalue weighted by Crippen LogP contribution is 2.28. The van der Waals surface area contributed by atoms with E-state index in [1.165, 1.54) is 25.7 Å². The molecule has 0 aromatic carbocycles. The van der Waals surface area contributed by atoms with Crippen LogP contribution in [0, 0.1) is 0 Å². The Balaban J connectivity index is 2.13. The number of carbonyl (C=O) groups is 1. The number of esters is 1. The molecular formula is C14H22N2O2S. The largest absolute Gasteiger partial charge is 0.461 e. The van der Waals surface area contributed by atoms with Gasteiger partial charge >= 0.3 is 5.97 Å². The first kappa shape index (κ1) is 14.3. The quantitative estimate of drug-likeness (QED) is 0.793. The Morgan fingerprint density at radius 3 is 3.05 bits per heavy atom. The van der Waals surface area contributed by atoms with E-state index in [1.807, 2.05) is 12.3 Å². The molecule has 1 fully saturated rings. The van der Waals surface area contributed by atoms with Gasteiger partial charge in [0.25, 0.3) is 0 Å². The molecule has 106 valence electrons. The fourth-order valence-corrected chi connectivity index (χ4v) is 3.44. The molecule has 1 saturated heterocycles. The van der Waals surface area contributed by atoms with Crippen molar-refractivity contribution in [1.82, 2.24) is 4.98 Å². The van der Waals surface area contributed by atoms with Crippen LogP contribution in [0.2, 0.25) is 0 Å². The maximum Gasteiger partial charge on any atom is 0.357 e. The number of carbonyl (C=O) groups excluding carboxylic acids is 1. The smallest absolute Gasteiger partial charge is 0.357 e. The van der Waals surface area contributed by atoms with Crippen LogP contribution in [0.1, 0.15) is 56.4 Å². The van der Waals surface area contributed by atoms with E-state index in [-0.39, 0.29) is 5.97 Å². The molecule has 1 aliphatic rings. The highest BCUT2D eigenvalue weighted by Gasteiger charge is 2.23. The highest BCUT2D eigenvalue weighted by molar-refractivity contribution is 7.13. The van der Waals surface area contributed by atoms with Gasteiger partial charge in [-0.25, -0.2) is 9.78 Å². The van der Waals surface area contributed by atoms with Crippen LogP contribution in [0.5, 0.6) is 0 Å². The van der Waals surface area contributed by atoms with E-state index >= 15 is 0 Å². The van der Waals surface area contributed by atoms with Gasteiger partial charge in [0.1, 0.15) is 0 Å². The van der Waals surface area contributed by atoms with Crippen LogP contribution < -0.4 is 4.90 Å². The molecule has 1 unspecified atom stereocenters. The zero-order valence-corrected chi connectivity index (χ0v) is 12.5. The summed E-state index contributed by atoms with van der Waals surface area (Å²) in [6, 6.07) is 0.559. The molecular weight excluding hydrogens is 260 g/mol. The molecule has 0 saturated carbocycles.